The van der Waals surface area contributed by atoms with Crippen molar-refractivity contribution in [1.82, 2.24) is 4.98 Å². The molecule has 17 heavy (non-hydrogen) atoms. The van der Waals surface area contributed by atoms with Crippen LogP contribution in [0.25, 0.3) is 0 Å². The van der Waals surface area contributed by atoms with Crippen LogP contribution in [0.5, 0.6) is 0 Å². The van der Waals surface area contributed by atoms with E-state index in [1.807, 2.05) is 6.07 Å². The molecule has 3 heteroatoms. The number of nitrogens with one attached hydrogen (secondary N) is 1. The first-order valence-corrected chi connectivity index (χ1v) is 6.49. The number of hydrogen-bond donors (Lipinski definition) is 1. The van der Waals surface area contributed by atoms with Gasteiger partial charge in [-0.25, -0.2) is 4.98 Å². The van der Waals surface area contributed by atoms with E-state index in [2.05, 4.69) is 16.4 Å². The molecule has 3 aliphatic carbocycles. The summed E-state index contributed by atoms with van der Waals surface area (Å²) in [4.78, 5) is 4.30. The maximum Gasteiger partial charge on any atom is 0.127 e. The zero-order valence-electron chi connectivity index (χ0n) is 9.63. The van der Waals surface area contributed by atoms with Crippen LogP contribution in [-0.4, -0.2) is 11.0 Å². The Labute approximate surface area is 101 Å². The summed E-state index contributed by atoms with van der Waals surface area (Å²) in [5.41, 5.74) is 0.691. The number of nitriles is 1. The second kappa shape index (κ2) is 3.22. The van der Waals surface area contributed by atoms with Gasteiger partial charge in [0, 0.05) is 12.2 Å². The number of anilines is 1. The Morgan fingerprint density at radius 3 is 2.76 bits per heavy atom. The van der Waals surface area contributed by atoms with E-state index in [1.54, 1.807) is 12.3 Å². The van der Waals surface area contributed by atoms with Gasteiger partial charge in [-0.1, -0.05) is 0 Å². The van der Waals surface area contributed by atoms with Gasteiger partial charge in [0.2, 0.25) is 0 Å². The molecular formula is C14H15N3. The minimum Gasteiger partial charge on any atom is -0.367 e. The molecule has 3 aliphatic rings. The third-order valence-corrected chi connectivity index (χ3v) is 4.94. The van der Waals surface area contributed by atoms with E-state index in [-0.39, 0.29) is 0 Å². The SMILES string of the molecule is N#Cc1ccnc(NC2C3C4CCC(C4)C23)c1. The Bertz CT molecular complexity index is 488. The normalized spacial score (nSPS) is 40.8. The second-order valence-corrected chi connectivity index (χ2v) is 5.70. The predicted octanol–water partition coefficient (Wildman–Crippen LogP) is 2.41. The molecule has 0 amide bonds. The summed E-state index contributed by atoms with van der Waals surface area (Å²) in [6.45, 7) is 0. The molecule has 4 rings (SSSR count). The lowest BCUT2D eigenvalue weighted by molar-refractivity contribution is 0.456. The summed E-state index contributed by atoms with van der Waals surface area (Å²) >= 11 is 0. The molecule has 2 bridgehead atoms. The van der Waals surface area contributed by atoms with Crippen molar-refractivity contribution in [3.63, 3.8) is 0 Å². The maximum atomic E-state index is 8.86. The minimum atomic E-state index is 0.641. The predicted molar refractivity (Wildman–Crippen MR) is 64.2 cm³/mol. The molecule has 3 fully saturated rings. The van der Waals surface area contributed by atoms with Crippen molar-refractivity contribution < 1.29 is 0 Å². The second-order valence-electron chi connectivity index (χ2n) is 5.70. The largest absolute Gasteiger partial charge is 0.367 e. The Kier molecular flexibility index (Phi) is 1.80. The molecule has 0 radical (unpaired) electrons. The van der Waals surface area contributed by atoms with Gasteiger partial charge in [-0.05, 0) is 55.1 Å². The Morgan fingerprint density at radius 1 is 1.29 bits per heavy atom. The van der Waals surface area contributed by atoms with Crippen molar-refractivity contribution >= 4 is 5.82 Å². The fourth-order valence-electron chi connectivity index (χ4n) is 4.27. The van der Waals surface area contributed by atoms with Crippen LogP contribution < -0.4 is 5.32 Å². The van der Waals surface area contributed by atoms with Crippen molar-refractivity contribution in [2.24, 2.45) is 23.7 Å². The molecule has 1 heterocycles. The topological polar surface area (TPSA) is 48.7 Å². The first kappa shape index (κ1) is 9.47. The molecule has 86 valence electrons. The van der Waals surface area contributed by atoms with Crippen molar-refractivity contribution in [2.75, 3.05) is 5.32 Å². The smallest absolute Gasteiger partial charge is 0.127 e. The van der Waals surface area contributed by atoms with Gasteiger partial charge in [0.25, 0.3) is 0 Å². The molecule has 0 spiro atoms. The monoisotopic (exact) mass is 225 g/mol. The molecule has 1 aromatic heterocycles. The van der Waals surface area contributed by atoms with E-state index >= 15 is 0 Å². The van der Waals surface area contributed by atoms with Crippen LogP contribution in [-0.2, 0) is 0 Å². The van der Waals surface area contributed by atoms with E-state index in [1.165, 1.54) is 19.3 Å². The van der Waals surface area contributed by atoms with E-state index in [0.717, 1.165) is 29.5 Å². The van der Waals surface area contributed by atoms with Crippen LogP contribution in [0.15, 0.2) is 18.3 Å². The number of hydrogen-bond acceptors (Lipinski definition) is 3. The zero-order valence-corrected chi connectivity index (χ0v) is 9.63. The highest BCUT2D eigenvalue weighted by molar-refractivity contribution is 5.45. The Hall–Kier alpha value is -1.56. The van der Waals surface area contributed by atoms with Gasteiger partial charge < -0.3 is 5.32 Å². The number of aromatic nitrogens is 1. The molecule has 0 aromatic carbocycles. The Balaban J connectivity index is 1.51. The van der Waals surface area contributed by atoms with Crippen molar-refractivity contribution in [1.29, 1.82) is 5.26 Å². The minimum absolute atomic E-state index is 0.641. The van der Waals surface area contributed by atoms with Gasteiger partial charge in [0.05, 0.1) is 11.6 Å². The molecule has 1 aromatic rings. The van der Waals surface area contributed by atoms with Gasteiger partial charge in [-0.15, -0.1) is 0 Å². The van der Waals surface area contributed by atoms with Gasteiger partial charge in [-0.3, -0.25) is 0 Å². The number of nitrogens with zero attached hydrogens (tertiary/aromatic N) is 2. The average molecular weight is 225 g/mol. The Morgan fingerprint density at radius 2 is 2.06 bits per heavy atom. The summed E-state index contributed by atoms with van der Waals surface area (Å²) in [5.74, 6) is 4.63. The van der Waals surface area contributed by atoms with Crippen LogP contribution in [0.4, 0.5) is 5.82 Å². The van der Waals surface area contributed by atoms with Crippen LogP contribution in [0, 0.1) is 35.0 Å². The van der Waals surface area contributed by atoms with Crippen LogP contribution in [0.2, 0.25) is 0 Å². The lowest BCUT2D eigenvalue weighted by atomic mass is 10.0. The molecular weight excluding hydrogens is 210 g/mol. The highest BCUT2D eigenvalue weighted by Gasteiger charge is 2.65. The van der Waals surface area contributed by atoms with Gasteiger partial charge in [0.15, 0.2) is 0 Å². The van der Waals surface area contributed by atoms with Crippen LogP contribution in [0.3, 0.4) is 0 Å². The van der Waals surface area contributed by atoms with Gasteiger partial charge in [0.1, 0.15) is 5.82 Å². The highest BCUT2D eigenvalue weighted by atomic mass is 15.1. The third kappa shape index (κ3) is 1.30. The highest BCUT2D eigenvalue weighted by Crippen LogP contribution is 2.66. The quantitative estimate of drug-likeness (QED) is 0.840. The summed E-state index contributed by atoms with van der Waals surface area (Å²) in [5, 5.41) is 12.4. The van der Waals surface area contributed by atoms with Gasteiger partial charge in [-0.2, -0.15) is 5.26 Å². The molecule has 1 N–H and O–H groups in total. The fourth-order valence-corrected chi connectivity index (χ4v) is 4.27. The summed E-state index contributed by atoms with van der Waals surface area (Å²) < 4.78 is 0. The first-order chi connectivity index (χ1) is 8.36. The summed E-state index contributed by atoms with van der Waals surface area (Å²) in [6, 6.07) is 6.41. The van der Waals surface area contributed by atoms with Crippen LogP contribution >= 0.6 is 0 Å². The van der Waals surface area contributed by atoms with E-state index in [4.69, 9.17) is 5.26 Å². The average Bonchev–Trinajstić information content (AvgIpc) is 2.76. The van der Waals surface area contributed by atoms with E-state index in [9.17, 15) is 0 Å². The van der Waals surface area contributed by atoms with Gasteiger partial charge >= 0.3 is 0 Å². The first-order valence-electron chi connectivity index (χ1n) is 6.49. The van der Waals surface area contributed by atoms with E-state index < -0.39 is 0 Å². The lowest BCUT2D eigenvalue weighted by Gasteiger charge is -2.10. The van der Waals surface area contributed by atoms with Crippen LogP contribution in [0.1, 0.15) is 24.8 Å². The number of fused-ring (bicyclic) bond motifs is 5. The molecule has 4 atom stereocenters. The zero-order chi connectivity index (χ0) is 11.4. The maximum absolute atomic E-state index is 8.86. The fraction of sp³-hybridized carbons (Fsp3) is 0.571. The van der Waals surface area contributed by atoms with E-state index in [0.29, 0.717) is 11.6 Å². The van der Waals surface area contributed by atoms with Crippen molar-refractivity contribution in [3.05, 3.63) is 23.9 Å². The summed E-state index contributed by atoms with van der Waals surface area (Å²) in [6.07, 6.45) is 6.07. The molecule has 3 saturated carbocycles. The molecule has 4 unspecified atom stereocenters. The standard InChI is InChI=1S/C14H15N3/c15-7-8-3-4-16-11(5-8)17-14-12-9-1-2-10(6-9)13(12)14/h3-5,9-10,12-14H,1-2,6H2,(H,16,17). The molecule has 0 aliphatic heterocycles. The molecule has 0 saturated heterocycles. The number of rotatable bonds is 2. The third-order valence-electron chi connectivity index (χ3n) is 4.94. The number of pyridine rings is 1. The molecule has 3 nitrogen and oxygen atoms in total. The summed E-state index contributed by atoms with van der Waals surface area (Å²) in [7, 11) is 0. The van der Waals surface area contributed by atoms with Crippen molar-refractivity contribution in [3.8, 4) is 6.07 Å². The van der Waals surface area contributed by atoms with Crippen molar-refractivity contribution in [2.45, 2.75) is 25.3 Å². The lowest BCUT2D eigenvalue weighted by Crippen LogP contribution is -2.13.